The van der Waals surface area contributed by atoms with Crippen molar-refractivity contribution >= 4 is 39.4 Å². The summed E-state index contributed by atoms with van der Waals surface area (Å²) in [5.74, 6) is -3.11. The number of β-amino-alcohol motifs (C(OH)–C–C–N with tert-alkyl or cyclic N) is 1. The van der Waals surface area contributed by atoms with E-state index in [4.69, 9.17) is 5.73 Å². The number of hydrogen-bond acceptors (Lipinski definition) is 8. The van der Waals surface area contributed by atoms with Crippen molar-refractivity contribution in [1.82, 2.24) is 20.9 Å². The van der Waals surface area contributed by atoms with Crippen molar-refractivity contribution in [2.24, 2.45) is 23.5 Å². The quantitative estimate of drug-likeness (QED) is 0.160. The molecule has 0 spiro atoms. The minimum atomic E-state index is -3.45. The Hall–Kier alpha value is -2.74. The fourth-order valence-electron chi connectivity index (χ4n) is 7.93. The summed E-state index contributed by atoms with van der Waals surface area (Å²) in [7, 11) is -3.45. The number of urea groups is 1. The second-order valence-corrected chi connectivity index (χ2v) is 17.5. The van der Waals surface area contributed by atoms with Crippen LogP contribution in [0.2, 0.25) is 0 Å². The SMILES string of the molecule is CC(C)CCS(=O)(=O)CC1(NC(=O)N[C@H](C(=O)N2C[C@H](O)C[C@H]2C(=O)NC(CC2CCC2)C(=O)C(N)=O)C2CCCCC2)CCCCC1. The molecule has 1 saturated heterocycles. The summed E-state index contributed by atoms with van der Waals surface area (Å²) in [6.07, 6.45) is 10.2. The molecule has 3 saturated carbocycles. The zero-order valence-corrected chi connectivity index (χ0v) is 29.5. The summed E-state index contributed by atoms with van der Waals surface area (Å²) in [5, 5.41) is 19.2. The van der Waals surface area contributed by atoms with Crippen LogP contribution in [0.25, 0.3) is 0 Å². The highest BCUT2D eigenvalue weighted by molar-refractivity contribution is 7.91. The van der Waals surface area contributed by atoms with E-state index in [1.807, 2.05) is 13.8 Å². The second-order valence-electron chi connectivity index (χ2n) is 15.3. The molecule has 3 aliphatic carbocycles. The van der Waals surface area contributed by atoms with Crippen LogP contribution in [0.5, 0.6) is 0 Å². The molecule has 4 fully saturated rings. The molecule has 0 radical (unpaired) electrons. The molecule has 272 valence electrons. The molecule has 4 rings (SSSR count). The molecule has 1 heterocycles. The topological polar surface area (TPSA) is 205 Å². The van der Waals surface area contributed by atoms with E-state index >= 15 is 0 Å². The minimum Gasteiger partial charge on any atom is -0.391 e. The number of aliphatic hydroxyl groups is 1. The third-order valence-electron chi connectivity index (χ3n) is 10.9. The van der Waals surface area contributed by atoms with Crippen LogP contribution in [0.3, 0.4) is 0 Å². The number of aliphatic hydroxyl groups excluding tert-OH is 1. The van der Waals surface area contributed by atoms with Gasteiger partial charge in [0.15, 0.2) is 9.84 Å². The first kappa shape index (κ1) is 38.1. The summed E-state index contributed by atoms with van der Waals surface area (Å²) in [6, 6.07) is -3.84. The molecule has 1 aliphatic heterocycles. The van der Waals surface area contributed by atoms with Gasteiger partial charge in [0.2, 0.25) is 17.6 Å². The first-order valence-electron chi connectivity index (χ1n) is 18.1. The number of nitrogens with one attached hydrogen (secondary N) is 3. The van der Waals surface area contributed by atoms with Gasteiger partial charge in [-0.15, -0.1) is 0 Å². The zero-order chi connectivity index (χ0) is 35.1. The summed E-state index contributed by atoms with van der Waals surface area (Å²) < 4.78 is 26.3. The molecule has 4 aliphatic rings. The molecule has 6 N–H and O–H groups in total. The van der Waals surface area contributed by atoms with Gasteiger partial charge < -0.3 is 31.7 Å². The van der Waals surface area contributed by atoms with E-state index in [0.717, 1.165) is 57.8 Å². The number of hydrogen-bond donors (Lipinski definition) is 5. The predicted octanol–water partition coefficient (Wildman–Crippen LogP) is 2.09. The van der Waals surface area contributed by atoms with Crippen LogP contribution in [-0.4, -0.2) is 95.8 Å². The van der Waals surface area contributed by atoms with Crippen LogP contribution in [0.15, 0.2) is 0 Å². The fraction of sp³-hybridized carbons (Fsp3) is 0.853. The number of amides is 5. The van der Waals surface area contributed by atoms with Crippen molar-refractivity contribution in [3.8, 4) is 0 Å². The van der Waals surface area contributed by atoms with Gasteiger partial charge in [0.05, 0.1) is 29.2 Å². The highest BCUT2D eigenvalue weighted by Gasteiger charge is 2.46. The minimum absolute atomic E-state index is 0.0478. The number of carbonyl (C=O) groups excluding carboxylic acids is 5. The highest BCUT2D eigenvalue weighted by atomic mass is 32.2. The molecule has 0 bridgehead atoms. The second kappa shape index (κ2) is 16.8. The molecule has 48 heavy (non-hydrogen) atoms. The van der Waals surface area contributed by atoms with E-state index in [1.165, 1.54) is 4.90 Å². The van der Waals surface area contributed by atoms with Crippen LogP contribution in [0.1, 0.15) is 117 Å². The number of nitrogens with zero attached hydrogens (tertiary/aromatic N) is 1. The number of likely N-dealkylation sites (tertiary alicyclic amines) is 1. The summed E-state index contributed by atoms with van der Waals surface area (Å²) in [6.45, 7) is 3.82. The van der Waals surface area contributed by atoms with Gasteiger partial charge in [-0.1, -0.05) is 71.6 Å². The third kappa shape index (κ3) is 10.4. The van der Waals surface area contributed by atoms with Crippen molar-refractivity contribution < 1.29 is 37.5 Å². The van der Waals surface area contributed by atoms with Crippen molar-refractivity contribution in [3.05, 3.63) is 0 Å². The lowest BCUT2D eigenvalue weighted by atomic mass is 9.80. The molecule has 5 amide bonds. The van der Waals surface area contributed by atoms with Crippen molar-refractivity contribution in [2.75, 3.05) is 18.1 Å². The molecule has 0 aromatic heterocycles. The van der Waals surface area contributed by atoms with Crippen LogP contribution >= 0.6 is 0 Å². The van der Waals surface area contributed by atoms with E-state index in [9.17, 15) is 37.5 Å². The number of Topliss-reactive ketones (excluding diaryl/α,β-unsaturated/α-hetero) is 1. The van der Waals surface area contributed by atoms with Crippen molar-refractivity contribution in [3.63, 3.8) is 0 Å². The maximum absolute atomic E-state index is 14.3. The number of primary amides is 1. The maximum Gasteiger partial charge on any atom is 0.315 e. The molecule has 4 atom stereocenters. The van der Waals surface area contributed by atoms with Gasteiger partial charge in [-0.25, -0.2) is 13.2 Å². The van der Waals surface area contributed by atoms with Crippen LogP contribution in [-0.2, 0) is 29.0 Å². The largest absolute Gasteiger partial charge is 0.391 e. The lowest BCUT2D eigenvalue weighted by molar-refractivity contribution is -0.143. The van der Waals surface area contributed by atoms with Gasteiger partial charge in [-0.2, -0.15) is 0 Å². The molecule has 1 unspecified atom stereocenters. The first-order chi connectivity index (χ1) is 22.7. The number of carbonyl (C=O) groups is 5. The summed E-state index contributed by atoms with van der Waals surface area (Å²) in [5.41, 5.74) is 4.34. The zero-order valence-electron chi connectivity index (χ0n) is 28.7. The number of rotatable bonds is 15. The first-order valence-corrected chi connectivity index (χ1v) is 19.9. The Kier molecular flexibility index (Phi) is 13.3. The van der Waals surface area contributed by atoms with Gasteiger partial charge in [0.25, 0.3) is 5.91 Å². The van der Waals surface area contributed by atoms with Crippen molar-refractivity contribution in [1.29, 1.82) is 0 Å². The fourth-order valence-corrected chi connectivity index (χ4v) is 10.1. The number of sulfone groups is 1. The normalized spacial score (nSPS) is 24.7. The van der Waals surface area contributed by atoms with E-state index in [-0.39, 0.29) is 48.6 Å². The van der Waals surface area contributed by atoms with Crippen molar-refractivity contribution in [2.45, 2.75) is 146 Å². The summed E-state index contributed by atoms with van der Waals surface area (Å²) >= 11 is 0. The van der Waals surface area contributed by atoms with E-state index in [2.05, 4.69) is 16.0 Å². The predicted molar refractivity (Wildman–Crippen MR) is 180 cm³/mol. The van der Waals surface area contributed by atoms with E-state index in [0.29, 0.717) is 32.1 Å². The smallest absolute Gasteiger partial charge is 0.315 e. The molecule has 0 aromatic carbocycles. The van der Waals surface area contributed by atoms with Crippen LogP contribution < -0.4 is 21.7 Å². The molecular formula is C34H57N5O8S. The maximum atomic E-state index is 14.3. The van der Waals surface area contributed by atoms with Crippen LogP contribution in [0.4, 0.5) is 4.79 Å². The van der Waals surface area contributed by atoms with E-state index in [1.54, 1.807) is 0 Å². The Bertz CT molecular complexity index is 1270. The Balaban J connectivity index is 1.51. The lowest BCUT2D eigenvalue weighted by Gasteiger charge is -2.39. The van der Waals surface area contributed by atoms with Gasteiger partial charge in [0.1, 0.15) is 12.1 Å². The van der Waals surface area contributed by atoms with Gasteiger partial charge in [-0.05, 0) is 56.3 Å². The summed E-state index contributed by atoms with van der Waals surface area (Å²) in [4.78, 5) is 67.3. The molecule has 0 aromatic rings. The Morgan fingerprint density at radius 3 is 2.15 bits per heavy atom. The van der Waals surface area contributed by atoms with Crippen LogP contribution in [0, 0.1) is 17.8 Å². The third-order valence-corrected chi connectivity index (χ3v) is 12.8. The number of nitrogens with two attached hydrogens (primary N) is 1. The standard InChI is InChI=1S/C34H57N5O8S/c1-22(2)14-17-48(46,47)21-34(15-7-4-8-16-34)38-33(45)37-28(24-12-5-3-6-13-24)32(44)39-20-25(40)19-27(39)31(43)36-26(29(41)30(35)42)18-23-10-9-11-23/h22-28,40H,3-21H2,1-2H3,(H2,35,42)(H,36,43)(H2,37,38,45)/t25-,26?,27+,28+/m1/s1. The molecular weight excluding hydrogens is 638 g/mol. The van der Waals surface area contributed by atoms with E-state index < -0.39 is 69.1 Å². The van der Waals surface area contributed by atoms with Gasteiger partial charge in [0, 0.05) is 13.0 Å². The Morgan fingerprint density at radius 2 is 1.56 bits per heavy atom. The molecule has 14 heteroatoms. The highest BCUT2D eigenvalue weighted by Crippen LogP contribution is 2.33. The van der Waals surface area contributed by atoms with Gasteiger partial charge >= 0.3 is 6.03 Å². The monoisotopic (exact) mass is 695 g/mol. The molecule has 13 nitrogen and oxygen atoms in total. The average Bonchev–Trinajstić information content (AvgIpc) is 3.41. The lowest BCUT2D eigenvalue weighted by Crippen LogP contribution is -2.62. The average molecular weight is 696 g/mol. The Labute approximate surface area is 285 Å². The number of ketones is 1. The van der Waals surface area contributed by atoms with Gasteiger partial charge in [-0.3, -0.25) is 19.2 Å². The Morgan fingerprint density at radius 1 is 0.917 bits per heavy atom.